The first-order valence-electron chi connectivity index (χ1n) is 9.90. The van der Waals surface area contributed by atoms with Crippen LogP contribution in [-0.4, -0.2) is 0 Å². The van der Waals surface area contributed by atoms with Gasteiger partial charge in [-0.25, -0.2) is 13.2 Å². The lowest BCUT2D eigenvalue weighted by Gasteiger charge is -2.26. The number of halogens is 3. The maximum atomic E-state index is 14.7. The molecule has 0 saturated carbocycles. The summed E-state index contributed by atoms with van der Waals surface area (Å²) in [6.07, 6.45) is 4.88. The van der Waals surface area contributed by atoms with Crippen LogP contribution in [-0.2, 0) is 19.3 Å². The summed E-state index contributed by atoms with van der Waals surface area (Å²) >= 11 is 0. The van der Waals surface area contributed by atoms with E-state index < -0.39 is 11.6 Å². The van der Waals surface area contributed by atoms with E-state index >= 15 is 0 Å². The number of benzene rings is 3. The molecule has 3 aromatic carbocycles. The second-order valence-corrected chi connectivity index (χ2v) is 7.66. The molecule has 0 bridgehead atoms. The Morgan fingerprint density at radius 3 is 2.32 bits per heavy atom. The Balaban J connectivity index is 1.59. The van der Waals surface area contributed by atoms with E-state index in [1.165, 1.54) is 17.2 Å². The van der Waals surface area contributed by atoms with Crippen LogP contribution >= 0.6 is 0 Å². The van der Waals surface area contributed by atoms with Gasteiger partial charge in [-0.1, -0.05) is 43.7 Å². The Labute approximate surface area is 164 Å². The minimum absolute atomic E-state index is 0.333. The first-order valence-corrected chi connectivity index (χ1v) is 9.90. The standard InChI is InChI=1S/C25H23F3/c1-2-3-16-4-6-17(7-5-16)18-8-9-19-13-22(24(27)15-21(19)12-18)20-10-11-23(26)25(28)14-20/h4-7,10-11,13-15,18H,2-3,8-9,12H2,1H3. The first-order chi connectivity index (χ1) is 13.5. The Morgan fingerprint density at radius 2 is 1.61 bits per heavy atom. The molecule has 0 amide bonds. The highest BCUT2D eigenvalue weighted by molar-refractivity contribution is 5.66. The maximum Gasteiger partial charge on any atom is 0.159 e. The van der Waals surface area contributed by atoms with Crippen molar-refractivity contribution in [2.45, 2.75) is 44.9 Å². The second kappa shape index (κ2) is 7.83. The molecule has 0 fully saturated rings. The molecule has 4 rings (SSSR count). The van der Waals surface area contributed by atoms with Crippen LogP contribution < -0.4 is 0 Å². The van der Waals surface area contributed by atoms with Crippen LogP contribution in [0.5, 0.6) is 0 Å². The zero-order chi connectivity index (χ0) is 19.7. The van der Waals surface area contributed by atoms with E-state index in [9.17, 15) is 13.2 Å². The van der Waals surface area contributed by atoms with Crippen molar-refractivity contribution in [1.29, 1.82) is 0 Å². The lowest BCUT2D eigenvalue weighted by atomic mass is 9.79. The molecule has 0 nitrogen and oxygen atoms in total. The highest BCUT2D eigenvalue weighted by atomic mass is 19.2. The molecule has 28 heavy (non-hydrogen) atoms. The molecule has 1 aliphatic carbocycles. The fourth-order valence-electron chi connectivity index (χ4n) is 4.19. The van der Waals surface area contributed by atoms with Gasteiger partial charge in [-0.05, 0) is 83.7 Å². The van der Waals surface area contributed by atoms with Crippen molar-refractivity contribution in [1.82, 2.24) is 0 Å². The van der Waals surface area contributed by atoms with Gasteiger partial charge in [-0.3, -0.25) is 0 Å². The molecule has 0 radical (unpaired) electrons. The summed E-state index contributed by atoms with van der Waals surface area (Å²) in [5.74, 6) is -1.88. The van der Waals surface area contributed by atoms with Crippen molar-refractivity contribution in [3.8, 4) is 11.1 Å². The van der Waals surface area contributed by atoms with Gasteiger partial charge >= 0.3 is 0 Å². The average Bonchev–Trinajstić information content (AvgIpc) is 2.70. The van der Waals surface area contributed by atoms with E-state index in [0.717, 1.165) is 55.4 Å². The van der Waals surface area contributed by atoms with Crippen LogP contribution in [0.3, 0.4) is 0 Å². The Bertz CT molecular complexity index is 989. The fraction of sp³-hybridized carbons (Fsp3) is 0.280. The molecule has 0 N–H and O–H groups in total. The molecule has 1 unspecified atom stereocenters. The van der Waals surface area contributed by atoms with Gasteiger partial charge in [0.05, 0.1) is 0 Å². The predicted molar refractivity (Wildman–Crippen MR) is 107 cm³/mol. The van der Waals surface area contributed by atoms with E-state index in [1.54, 1.807) is 12.1 Å². The fourth-order valence-corrected chi connectivity index (χ4v) is 4.19. The van der Waals surface area contributed by atoms with E-state index in [1.807, 2.05) is 0 Å². The van der Waals surface area contributed by atoms with Crippen LogP contribution in [0.4, 0.5) is 13.2 Å². The molecule has 1 atom stereocenters. The molecule has 144 valence electrons. The lowest BCUT2D eigenvalue weighted by Crippen LogP contribution is -2.13. The lowest BCUT2D eigenvalue weighted by molar-refractivity contribution is 0.509. The number of fused-ring (bicyclic) bond motifs is 1. The van der Waals surface area contributed by atoms with E-state index in [0.29, 0.717) is 17.0 Å². The molecule has 0 heterocycles. The van der Waals surface area contributed by atoms with E-state index in [2.05, 4.69) is 31.2 Å². The maximum absolute atomic E-state index is 14.7. The van der Waals surface area contributed by atoms with Crippen molar-refractivity contribution >= 4 is 0 Å². The van der Waals surface area contributed by atoms with E-state index in [-0.39, 0.29) is 5.82 Å². The van der Waals surface area contributed by atoms with E-state index in [4.69, 9.17) is 0 Å². The van der Waals surface area contributed by atoms with Gasteiger partial charge in [-0.15, -0.1) is 0 Å². The van der Waals surface area contributed by atoms with Crippen LogP contribution in [0.15, 0.2) is 54.6 Å². The van der Waals surface area contributed by atoms with Gasteiger partial charge in [-0.2, -0.15) is 0 Å². The van der Waals surface area contributed by atoms with Gasteiger partial charge in [0.25, 0.3) is 0 Å². The SMILES string of the molecule is CCCc1ccc(C2CCc3cc(-c4ccc(F)c(F)c4)c(F)cc3C2)cc1. The first kappa shape index (κ1) is 18.8. The van der Waals surface area contributed by atoms with Crippen molar-refractivity contribution in [3.05, 3.63) is 94.3 Å². The molecule has 0 spiro atoms. The Kier molecular flexibility index (Phi) is 5.25. The van der Waals surface area contributed by atoms with Gasteiger partial charge in [0, 0.05) is 5.56 Å². The third-order valence-electron chi connectivity index (χ3n) is 5.74. The zero-order valence-corrected chi connectivity index (χ0v) is 15.9. The van der Waals surface area contributed by atoms with Crippen molar-refractivity contribution in [2.24, 2.45) is 0 Å². The molecule has 1 aliphatic rings. The minimum Gasteiger partial charge on any atom is -0.206 e. The predicted octanol–water partition coefficient (Wildman–Crippen LogP) is 7.00. The highest BCUT2D eigenvalue weighted by Crippen LogP contribution is 2.36. The third kappa shape index (κ3) is 3.71. The molecule has 0 aromatic heterocycles. The highest BCUT2D eigenvalue weighted by Gasteiger charge is 2.22. The van der Waals surface area contributed by atoms with Crippen molar-refractivity contribution in [2.75, 3.05) is 0 Å². The quantitative estimate of drug-likeness (QED) is 0.457. The minimum atomic E-state index is -0.957. The van der Waals surface area contributed by atoms with Crippen molar-refractivity contribution in [3.63, 3.8) is 0 Å². The number of hydrogen-bond donors (Lipinski definition) is 0. The average molecular weight is 380 g/mol. The summed E-state index contributed by atoms with van der Waals surface area (Å²) < 4.78 is 41.5. The summed E-state index contributed by atoms with van der Waals surface area (Å²) in [4.78, 5) is 0. The van der Waals surface area contributed by atoms with Crippen LogP contribution in [0.2, 0.25) is 0 Å². The summed E-state index contributed by atoms with van der Waals surface area (Å²) in [7, 11) is 0. The number of rotatable bonds is 4. The second-order valence-electron chi connectivity index (χ2n) is 7.66. The molecular weight excluding hydrogens is 357 g/mol. The molecule has 3 aromatic rings. The van der Waals surface area contributed by atoms with Gasteiger partial charge in [0.1, 0.15) is 5.82 Å². The monoisotopic (exact) mass is 380 g/mol. The smallest absolute Gasteiger partial charge is 0.159 e. The normalized spacial score (nSPS) is 16.1. The Hall–Kier alpha value is -2.55. The molecule has 0 saturated heterocycles. The van der Waals surface area contributed by atoms with Gasteiger partial charge in [0.15, 0.2) is 11.6 Å². The topological polar surface area (TPSA) is 0 Å². The molecule has 3 heteroatoms. The number of hydrogen-bond acceptors (Lipinski definition) is 0. The van der Waals surface area contributed by atoms with Gasteiger partial charge < -0.3 is 0 Å². The number of aryl methyl sites for hydroxylation is 2. The largest absolute Gasteiger partial charge is 0.206 e. The van der Waals surface area contributed by atoms with Crippen LogP contribution in [0, 0.1) is 17.5 Å². The summed E-state index contributed by atoms with van der Waals surface area (Å²) in [5, 5.41) is 0. The van der Waals surface area contributed by atoms with Gasteiger partial charge in [0.2, 0.25) is 0 Å². The summed E-state index contributed by atoms with van der Waals surface area (Å²) in [6, 6.07) is 15.7. The van der Waals surface area contributed by atoms with Crippen molar-refractivity contribution < 1.29 is 13.2 Å². The molecular formula is C25H23F3. The Morgan fingerprint density at radius 1 is 0.821 bits per heavy atom. The third-order valence-corrected chi connectivity index (χ3v) is 5.74. The molecule has 0 aliphatic heterocycles. The summed E-state index contributed by atoms with van der Waals surface area (Å²) in [6.45, 7) is 2.18. The van der Waals surface area contributed by atoms with Crippen LogP contribution in [0.25, 0.3) is 11.1 Å². The zero-order valence-electron chi connectivity index (χ0n) is 15.9. The van der Waals surface area contributed by atoms with Crippen LogP contribution in [0.1, 0.15) is 47.9 Å². The summed E-state index contributed by atoms with van der Waals surface area (Å²) in [5.41, 5.74) is 5.46.